The molecule has 0 radical (unpaired) electrons. The molecule has 0 saturated carbocycles. The summed E-state index contributed by atoms with van der Waals surface area (Å²) < 4.78 is 3.50. The molecule has 0 fully saturated rings. The largest absolute Gasteiger partial charge is 0.343 e. The van der Waals surface area contributed by atoms with Crippen LogP contribution in [0, 0.1) is 0 Å². The monoisotopic (exact) mass is 318 g/mol. The average molecular weight is 318 g/mol. The predicted octanol–water partition coefficient (Wildman–Crippen LogP) is 1.84. The fraction of sp³-hybridized carbons (Fsp3) is 0.0588. The summed E-state index contributed by atoms with van der Waals surface area (Å²) in [5.41, 5.74) is 2.00. The molecule has 1 N–H and O–H groups in total. The number of rotatable bonds is 4. The van der Waals surface area contributed by atoms with Crippen molar-refractivity contribution in [3.8, 4) is 5.69 Å². The van der Waals surface area contributed by atoms with Gasteiger partial charge in [0.2, 0.25) is 0 Å². The van der Waals surface area contributed by atoms with E-state index in [-0.39, 0.29) is 12.5 Å². The third-order valence-electron chi connectivity index (χ3n) is 3.63. The number of para-hydroxylation sites is 1. The zero-order chi connectivity index (χ0) is 16.4. The lowest BCUT2D eigenvalue weighted by molar-refractivity contribution is 0.0944. The molecule has 4 aromatic rings. The van der Waals surface area contributed by atoms with E-state index in [0.717, 1.165) is 11.3 Å². The Kier molecular flexibility index (Phi) is 3.51. The van der Waals surface area contributed by atoms with Gasteiger partial charge >= 0.3 is 0 Å². The number of nitrogens with zero attached hydrogens (tertiary/aromatic N) is 5. The molecule has 118 valence electrons. The normalized spacial score (nSPS) is 10.8. The van der Waals surface area contributed by atoms with Crippen molar-refractivity contribution in [2.24, 2.45) is 0 Å². The predicted molar refractivity (Wildman–Crippen MR) is 87.7 cm³/mol. The van der Waals surface area contributed by atoms with Gasteiger partial charge in [0, 0.05) is 12.4 Å². The quantitative estimate of drug-likeness (QED) is 0.623. The van der Waals surface area contributed by atoms with E-state index in [9.17, 15) is 4.79 Å². The third kappa shape index (κ3) is 2.63. The maximum atomic E-state index is 12.3. The Bertz CT molecular complexity index is 988. The summed E-state index contributed by atoms with van der Waals surface area (Å²) in [5.74, 6) is 0.416. The van der Waals surface area contributed by atoms with Crippen molar-refractivity contribution in [1.29, 1.82) is 0 Å². The van der Waals surface area contributed by atoms with Gasteiger partial charge in [0.05, 0.1) is 12.2 Å². The second-order valence-electron chi connectivity index (χ2n) is 5.21. The highest BCUT2D eigenvalue weighted by molar-refractivity contribution is 5.92. The first-order chi connectivity index (χ1) is 11.8. The van der Waals surface area contributed by atoms with Crippen LogP contribution >= 0.6 is 0 Å². The molecule has 0 aliphatic carbocycles. The highest BCUT2D eigenvalue weighted by atomic mass is 16.1. The number of carbonyl (C=O) groups is 1. The fourth-order valence-electron chi connectivity index (χ4n) is 2.43. The lowest BCUT2D eigenvalue weighted by Crippen LogP contribution is -2.24. The summed E-state index contributed by atoms with van der Waals surface area (Å²) in [6.07, 6.45) is 3.62. The first kappa shape index (κ1) is 14.1. The second-order valence-corrected chi connectivity index (χ2v) is 5.21. The second kappa shape index (κ2) is 5.96. The SMILES string of the molecule is O=C(NCc1nnc2ccccn12)c1ccn(-c2ccccc2)n1. The van der Waals surface area contributed by atoms with Crippen molar-refractivity contribution < 1.29 is 4.79 Å². The van der Waals surface area contributed by atoms with Crippen molar-refractivity contribution in [2.45, 2.75) is 6.54 Å². The summed E-state index contributed by atoms with van der Waals surface area (Å²) >= 11 is 0. The minimum absolute atomic E-state index is 0.252. The molecule has 0 saturated heterocycles. The van der Waals surface area contributed by atoms with Gasteiger partial charge in [-0.15, -0.1) is 10.2 Å². The first-order valence-corrected chi connectivity index (χ1v) is 7.49. The molecule has 7 nitrogen and oxygen atoms in total. The molecule has 7 heteroatoms. The Hall–Kier alpha value is -3.48. The van der Waals surface area contributed by atoms with Crippen LogP contribution in [0.3, 0.4) is 0 Å². The van der Waals surface area contributed by atoms with Gasteiger partial charge in [-0.3, -0.25) is 9.20 Å². The first-order valence-electron chi connectivity index (χ1n) is 7.49. The number of pyridine rings is 1. The smallest absolute Gasteiger partial charge is 0.272 e. The zero-order valence-electron chi connectivity index (χ0n) is 12.7. The number of hydrogen-bond donors (Lipinski definition) is 1. The lowest BCUT2D eigenvalue weighted by Gasteiger charge is -2.02. The van der Waals surface area contributed by atoms with Gasteiger partial charge in [-0.1, -0.05) is 24.3 Å². The van der Waals surface area contributed by atoms with E-state index in [1.54, 1.807) is 16.9 Å². The Morgan fingerprint density at radius 2 is 1.79 bits per heavy atom. The van der Waals surface area contributed by atoms with Gasteiger partial charge in [0.15, 0.2) is 17.2 Å². The highest BCUT2D eigenvalue weighted by Gasteiger charge is 2.12. The molecule has 0 bridgehead atoms. The molecule has 0 spiro atoms. The van der Waals surface area contributed by atoms with Crippen molar-refractivity contribution >= 4 is 11.6 Å². The number of carbonyl (C=O) groups excluding carboxylic acids is 1. The van der Waals surface area contributed by atoms with Crippen LogP contribution in [0.15, 0.2) is 67.0 Å². The molecule has 0 atom stereocenters. The number of hydrogen-bond acceptors (Lipinski definition) is 4. The minimum Gasteiger partial charge on any atom is -0.343 e. The van der Waals surface area contributed by atoms with Crippen molar-refractivity contribution in [2.75, 3.05) is 0 Å². The zero-order valence-corrected chi connectivity index (χ0v) is 12.7. The van der Waals surface area contributed by atoms with Gasteiger partial charge in [-0.2, -0.15) is 5.10 Å². The van der Waals surface area contributed by atoms with E-state index in [1.165, 1.54) is 0 Å². The number of aromatic nitrogens is 5. The summed E-state index contributed by atoms with van der Waals surface area (Å²) in [7, 11) is 0. The van der Waals surface area contributed by atoms with E-state index in [2.05, 4.69) is 20.6 Å². The number of fused-ring (bicyclic) bond motifs is 1. The lowest BCUT2D eigenvalue weighted by atomic mass is 10.3. The van der Waals surface area contributed by atoms with Crippen molar-refractivity contribution in [3.63, 3.8) is 0 Å². The number of benzene rings is 1. The van der Waals surface area contributed by atoms with Crippen LogP contribution in [0.25, 0.3) is 11.3 Å². The molecule has 3 aromatic heterocycles. The van der Waals surface area contributed by atoms with Crippen LogP contribution in [-0.2, 0) is 6.54 Å². The highest BCUT2D eigenvalue weighted by Crippen LogP contribution is 2.07. The molecule has 0 aliphatic heterocycles. The third-order valence-corrected chi connectivity index (χ3v) is 3.63. The van der Waals surface area contributed by atoms with Crippen LogP contribution in [-0.4, -0.2) is 30.3 Å². The molecule has 24 heavy (non-hydrogen) atoms. The van der Waals surface area contributed by atoms with Gasteiger partial charge in [0.25, 0.3) is 5.91 Å². The molecule has 0 aliphatic rings. The van der Waals surface area contributed by atoms with Crippen LogP contribution < -0.4 is 5.32 Å². The van der Waals surface area contributed by atoms with Gasteiger partial charge in [-0.25, -0.2) is 4.68 Å². The van der Waals surface area contributed by atoms with Crippen LogP contribution in [0.4, 0.5) is 0 Å². The van der Waals surface area contributed by atoms with Crippen molar-refractivity contribution in [3.05, 3.63) is 78.5 Å². The van der Waals surface area contributed by atoms with Crippen LogP contribution in [0.5, 0.6) is 0 Å². The molecule has 1 aromatic carbocycles. The number of nitrogens with one attached hydrogen (secondary N) is 1. The summed E-state index contributed by atoms with van der Waals surface area (Å²) in [5, 5.41) is 15.3. The van der Waals surface area contributed by atoms with Gasteiger partial charge < -0.3 is 5.32 Å². The molecule has 1 amide bonds. The maximum absolute atomic E-state index is 12.3. The Balaban J connectivity index is 1.48. The molecule has 0 unspecified atom stereocenters. The van der Waals surface area contributed by atoms with E-state index >= 15 is 0 Å². The van der Waals surface area contributed by atoms with Crippen LogP contribution in [0.1, 0.15) is 16.3 Å². The molecule has 3 heterocycles. The van der Waals surface area contributed by atoms with E-state index in [0.29, 0.717) is 11.5 Å². The standard InChI is InChI=1S/C17H14N6O/c24-17(14-9-11-23(21-14)13-6-2-1-3-7-13)18-12-16-20-19-15-8-4-5-10-22(15)16/h1-11H,12H2,(H,18,24). The number of amides is 1. The van der Waals surface area contributed by atoms with Gasteiger partial charge in [-0.05, 0) is 30.3 Å². The van der Waals surface area contributed by atoms with E-state index in [1.807, 2.05) is 59.1 Å². The molecular formula is C17H14N6O. The summed E-state index contributed by atoms with van der Waals surface area (Å²) in [6.45, 7) is 0.280. The Morgan fingerprint density at radius 3 is 2.67 bits per heavy atom. The Morgan fingerprint density at radius 1 is 0.958 bits per heavy atom. The Labute approximate surface area is 137 Å². The van der Waals surface area contributed by atoms with Crippen molar-refractivity contribution in [1.82, 2.24) is 29.7 Å². The summed E-state index contributed by atoms with van der Waals surface area (Å²) in [6, 6.07) is 17.0. The van der Waals surface area contributed by atoms with E-state index < -0.39 is 0 Å². The topological polar surface area (TPSA) is 77.1 Å². The minimum atomic E-state index is -0.252. The maximum Gasteiger partial charge on any atom is 0.272 e. The molecule has 4 rings (SSSR count). The fourth-order valence-corrected chi connectivity index (χ4v) is 2.43. The molecular weight excluding hydrogens is 304 g/mol. The van der Waals surface area contributed by atoms with Crippen LogP contribution in [0.2, 0.25) is 0 Å². The summed E-state index contributed by atoms with van der Waals surface area (Å²) in [4.78, 5) is 12.3. The average Bonchev–Trinajstić information content (AvgIpc) is 3.28. The van der Waals surface area contributed by atoms with E-state index in [4.69, 9.17) is 0 Å². The van der Waals surface area contributed by atoms with Gasteiger partial charge in [0.1, 0.15) is 0 Å².